The van der Waals surface area contributed by atoms with E-state index in [9.17, 15) is 9.18 Å². The second-order valence-electron chi connectivity index (χ2n) is 5.87. The van der Waals surface area contributed by atoms with Gasteiger partial charge in [0, 0.05) is 17.7 Å². The van der Waals surface area contributed by atoms with E-state index in [1.165, 1.54) is 24.3 Å². The topological polar surface area (TPSA) is 29.1 Å². The Morgan fingerprint density at radius 1 is 0.923 bits per heavy atom. The van der Waals surface area contributed by atoms with Crippen molar-refractivity contribution in [3.63, 3.8) is 0 Å². The zero-order valence-corrected chi connectivity index (χ0v) is 15.3. The number of carbonyl (C=O) groups excluding carboxylic acids is 1. The number of Topliss-reactive ketones (excluding diaryl/α,β-unsaturated/α-hetero) is 1. The molecule has 2 nitrogen and oxygen atoms in total. The lowest BCUT2D eigenvalue weighted by atomic mass is 9.97. The summed E-state index contributed by atoms with van der Waals surface area (Å²) < 4.78 is 13.1. The molecule has 0 saturated heterocycles. The standard InChI is InChI=1S/C21H16Cl2FNO/c22-18-11-8-15(12-19(18)23)20(25-17-4-2-1-3-5-17)13-21(26)14-6-9-16(24)10-7-14/h1-12,20,25H,13H2. The Bertz CT molecular complexity index is 898. The molecular weight excluding hydrogens is 372 g/mol. The number of carbonyl (C=O) groups is 1. The van der Waals surface area contributed by atoms with E-state index in [4.69, 9.17) is 23.2 Å². The lowest BCUT2D eigenvalue weighted by Crippen LogP contribution is -2.16. The van der Waals surface area contributed by atoms with Crippen molar-refractivity contribution >= 4 is 34.7 Å². The van der Waals surface area contributed by atoms with Gasteiger partial charge < -0.3 is 5.32 Å². The number of para-hydroxylation sites is 1. The van der Waals surface area contributed by atoms with Crippen molar-refractivity contribution < 1.29 is 9.18 Å². The Morgan fingerprint density at radius 2 is 1.62 bits per heavy atom. The number of halogens is 3. The lowest BCUT2D eigenvalue weighted by Gasteiger charge is -2.20. The molecule has 0 amide bonds. The maximum atomic E-state index is 13.1. The van der Waals surface area contributed by atoms with E-state index in [-0.39, 0.29) is 24.1 Å². The number of hydrogen-bond acceptors (Lipinski definition) is 2. The molecule has 0 spiro atoms. The third-order valence-corrected chi connectivity index (χ3v) is 4.76. The minimum atomic E-state index is -0.370. The highest BCUT2D eigenvalue weighted by Gasteiger charge is 2.18. The molecule has 0 aromatic heterocycles. The molecule has 0 saturated carbocycles. The summed E-state index contributed by atoms with van der Waals surface area (Å²) in [6.45, 7) is 0. The second kappa shape index (κ2) is 8.35. The van der Waals surface area contributed by atoms with Crippen LogP contribution in [-0.4, -0.2) is 5.78 Å². The third kappa shape index (κ3) is 4.63. The molecule has 1 N–H and O–H groups in total. The highest BCUT2D eigenvalue weighted by Crippen LogP contribution is 2.30. The zero-order valence-electron chi connectivity index (χ0n) is 13.8. The Hall–Kier alpha value is -2.36. The van der Waals surface area contributed by atoms with Gasteiger partial charge in [0.2, 0.25) is 0 Å². The molecule has 0 aliphatic heterocycles. The molecule has 1 atom stereocenters. The Labute approximate surface area is 161 Å². The molecule has 0 heterocycles. The van der Waals surface area contributed by atoms with Gasteiger partial charge in [0.1, 0.15) is 5.82 Å². The van der Waals surface area contributed by atoms with E-state index in [0.717, 1.165) is 11.3 Å². The zero-order chi connectivity index (χ0) is 18.5. The fourth-order valence-corrected chi connectivity index (χ4v) is 2.96. The molecule has 0 aliphatic rings. The van der Waals surface area contributed by atoms with Crippen LogP contribution in [-0.2, 0) is 0 Å². The van der Waals surface area contributed by atoms with Gasteiger partial charge in [-0.15, -0.1) is 0 Å². The smallest absolute Gasteiger partial charge is 0.165 e. The van der Waals surface area contributed by atoms with Crippen LogP contribution < -0.4 is 5.32 Å². The summed E-state index contributed by atoms with van der Waals surface area (Å²) in [5, 5.41) is 4.24. The largest absolute Gasteiger partial charge is 0.378 e. The van der Waals surface area contributed by atoms with Crippen LogP contribution in [0.3, 0.4) is 0 Å². The van der Waals surface area contributed by atoms with Crippen LogP contribution in [0.1, 0.15) is 28.4 Å². The molecule has 0 fully saturated rings. The average Bonchev–Trinajstić information content (AvgIpc) is 2.65. The molecule has 0 radical (unpaired) electrons. The summed E-state index contributed by atoms with van der Waals surface area (Å²) in [7, 11) is 0. The van der Waals surface area contributed by atoms with Gasteiger partial charge in [-0.3, -0.25) is 4.79 Å². The highest BCUT2D eigenvalue weighted by atomic mass is 35.5. The summed E-state index contributed by atoms with van der Waals surface area (Å²) in [6, 6.07) is 20.1. The molecule has 0 bridgehead atoms. The quantitative estimate of drug-likeness (QED) is 0.485. The van der Waals surface area contributed by atoms with Crippen LogP contribution in [0.2, 0.25) is 10.0 Å². The number of ketones is 1. The van der Waals surface area contributed by atoms with E-state index >= 15 is 0 Å². The van der Waals surface area contributed by atoms with Crippen molar-refractivity contribution in [2.24, 2.45) is 0 Å². The van der Waals surface area contributed by atoms with E-state index < -0.39 is 0 Å². The molecule has 3 aromatic rings. The molecule has 5 heteroatoms. The fourth-order valence-electron chi connectivity index (χ4n) is 2.66. The van der Waals surface area contributed by atoms with Crippen LogP contribution >= 0.6 is 23.2 Å². The van der Waals surface area contributed by atoms with Crippen LogP contribution in [0.4, 0.5) is 10.1 Å². The molecule has 3 aromatic carbocycles. The summed E-state index contributed by atoms with van der Waals surface area (Å²) in [6.07, 6.45) is 0.193. The summed E-state index contributed by atoms with van der Waals surface area (Å²) >= 11 is 12.2. The van der Waals surface area contributed by atoms with Crippen LogP contribution in [0.5, 0.6) is 0 Å². The van der Waals surface area contributed by atoms with Crippen molar-refractivity contribution in [3.8, 4) is 0 Å². The maximum absolute atomic E-state index is 13.1. The molecule has 1 unspecified atom stereocenters. The van der Waals surface area contributed by atoms with E-state index in [0.29, 0.717) is 15.6 Å². The summed E-state index contributed by atoms with van der Waals surface area (Å²) in [4.78, 5) is 12.7. The van der Waals surface area contributed by atoms with Gasteiger partial charge >= 0.3 is 0 Å². The van der Waals surface area contributed by atoms with Gasteiger partial charge in [-0.25, -0.2) is 4.39 Å². The summed E-state index contributed by atoms with van der Waals surface area (Å²) in [5.74, 6) is -0.463. The fraction of sp³-hybridized carbons (Fsp3) is 0.0952. The van der Waals surface area contributed by atoms with Crippen molar-refractivity contribution in [1.29, 1.82) is 0 Å². The first-order valence-electron chi connectivity index (χ1n) is 8.08. The van der Waals surface area contributed by atoms with Crippen LogP contribution in [0.25, 0.3) is 0 Å². The van der Waals surface area contributed by atoms with Gasteiger partial charge in [-0.1, -0.05) is 47.5 Å². The first-order valence-corrected chi connectivity index (χ1v) is 8.84. The van der Waals surface area contributed by atoms with Gasteiger partial charge in [0.05, 0.1) is 16.1 Å². The third-order valence-electron chi connectivity index (χ3n) is 4.02. The first kappa shape index (κ1) is 18.4. The van der Waals surface area contributed by atoms with Gasteiger partial charge in [0.25, 0.3) is 0 Å². The van der Waals surface area contributed by atoms with Crippen molar-refractivity contribution in [3.05, 3.63) is 99.8 Å². The molecular formula is C21H16Cl2FNO. The number of hydrogen-bond donors (Lipinski definition) is 1. The summed E-state index contributed by atoms with van der Waals surface area (Å²) in [5.41, 5.74) is 2.19. The molecule has 132 valence electrons. The molecule has 0 aliphatic carbocycles. The Kier molecular flexibility index (Phi) is 5.92. The maximum Gasteiger partial charge on any atom is 0.165 e. The van der Waals surface area contributed by atoms with E-state index in [2.05, 4.69) is 5.32 Å². The van der Waals surface area contributed by atoms with E-state index in [1.54, 1.807) is 12.1 Å². The second-order valence-corrected chi connectivity index (χ2v) is 6.69. The SMILES string of the molecule is O=C(CC(Nc1ccccc1)c1ccc(Cl)c(Cl)c1)c1ccc(F)cc1. The van der Waals surface area contributed by atoms with Crippen molar-refractivity contribution in [2.45, 2.75) is 12.5 Å². The number of rotatable bonds is 6. The van der Waals surface area contributed by atoms with E-state index in [1.807, 2.05) is 36.4 Å². The normalized spacial score (nSPS) is 11.8. The van der Waals surface area contributed by atoms with Crippen molar-refractivity contribution in [1.82, 2.24) is 0 Å². The predicted octanol–water partition coefficient (Wildman–Crippen LogP) is 6.56. The number of nitrogens with one attached hydrogen (secondary N) is 1. The predicted molar refractivity (Wildman–Crippen MR) is 105 cm³/mol. The monoisotopic (exact) mass is 387 g/mol. The average molecular weight is 388 g/mol. The Morgan fingerprint density at radius 3 is 2.27 bits per heavy atom. The van der Waals surface area contributed by atoms with Gasteiger partial charge in [-0.05, 0) is 54.1 Å². The molecule has 26 heavy (non-hydrogen) atoms. The van der Waals surface area contributed by atoms with Gasteiger partial charge in [-0.2, -0.15) is 0 Å². The number of anilines is 1. The Balaban J connectivity index is 1.87. The lowest BCUT2D eigenvalue weighted by molar-refractivity contribution is 0.0976. The van der Waals surface area contributed by atoms with Crippen LogP contribution in [0.15, 0.2) is 72.8 Å². The van der Waals surface area contributed by atoms with Gasteiger partial charge in [0.15, 0.2) is 5.78 Å². The number of benzene rings is 3. The minimum absolute atomic E-state index is 0.0931. The first-order chi connectivity index (χ1) is 12.5. The molecule has 3 rings (SSSR count). The van der Waals surface area contributed by atoms with Crippen molar-refractivity contribution in [2.75, 3.05) is 5.32 Å². The van der Waals surface area contributed by atoms with Crippen LogP contribution in [0, 0.1) is 5.82 Å². The minimum Gasteiger partial charge on any atom is -0.378 e. The highest BCUT2D eigenvalue weighted by molar-refractivity contribution is 6.42.